The third-order valence-corrected chi connectivity index (χ3v) is 4.10. The summed E-state index contributed by atoms with van der Waals surface area (Å²) in [6, 6.07) is 3.04. The number of rotatable bonds is 6. The minimum Gasteiger partial charge on any atom is -0.480 e. The van der Waals surface area contributed by atoms with Crippen LogP contribution in [0.15, 0.2) is 28.2 Å². The zero-order valence-electron chi connectivity index (χ0n) is 9.41. The van der Waals surface area contributed by atoms with Gasteiger partial charge < -0.3 is 15.3 Å². The molecule has 0 saturated carbocycles. The maximum absolute atomic E-state index is 10.5. The predicted molar refractivity (Wildman–Crippen MR) is 71.6 cm³/mol. The van der Waals surface area contributed by atoms with Crippen molar-refractivity contribution in [1.29, 1.82) is 0 Å². The lowest BCUT2D eigenvalue weighted by atomic mass is 10.4. The van der Waals surface area contributed by atoms with E-state index in [1.807, 2.05) is 17.5 Å². The fraction of sp³-hybridized carbons (Fsp3) is 0.273. The van der Waals surface area contributed by atoms with Crippen molar-refractivity contribution in [2.24, 2.45) is 5.73 Å². The van der Waals surface area contributed by atoms with E-state index in [4.69, 9.17) is 15.3 Å². The molecule has 0 spiro atoms. The van der Waals surface area contributed by atoms with Crippen LogP contribution < -0.4 is 5.73 Å². The highest BCUT2D eigenvalue weighted by Crippen LogP contribution is 2.24. The van der Waals surface area contributed by atoms with E-state index in [0.29, 0.717) is 17.4 Å². The summed E-state index contributed by atoms with van der Waals surface area (Å²) < 4.78 is 5.35. The molecular formula is C11H12N2O3S2. The van der Waals surface area contributed by atoms with Crippen LogP contribution in [0, 0.1) is 0 Å². The van der Waals surface area contributed by atoms with Gasteiger partial charge in [0.15, 0.2) is 0 Å². The van der Waals surface area contributed by atoms with E-state index in [1.165, 1.54) is 11.8 Å². The van der Waals surface area contributed by atoms with Crippen molar-refractivity contribution < 1.29 is 14.3 Å². The highest BCUT2D eigenvalue weighted by molar-refractivity contribution is 7.98. The smallest absolute Gasteiger partial charge is 0.321 e. The first-order valence-corrected chi connectivity index (χ1v) is 7.24. The number of carbonyl (C=O) groups is 1. The van der Waals surface area contributed by atoms with Gasteiger partial charge in [-0.25, -0.2) is 4.98 Å². The Morgan fingerprint density at radius 2 is 2.50 bits per heavy atom. The van der Waals surface area contributed by atoms with Crippen molar-refractivity contribution in [2.45, 2.75) is 11.8 Å². The van der Waals surface area contributed by atoms with E-state index in [2.05, 4.69) is 4.98 Å². The largest absolute Gasteiger partial charge is 0.480 e. The topological polar surface area (TPSA) is 89.4 Å². The Bertz CT molecular complexity index is 510. The van der Waals surface area contributed by atoms with E-state index in [9.17, 15) is 4.79 Å². The van der Waals surface area contributed by atoms with Crippen LogP contribution in [0.4, 0.5) is 0 Å². The average Bonchev–Trinajstić information content (AvgIpc) is 2.98. The zero-order chi connectivity index (χ0) is 13.0. The molecule has 0 amide bonds. The standard InChI is InChI=1S/C11H12N2O3S2/c12-8(11(14)15)6-17-5-7-4-16-10(13-7)9-2-1-3-18-9/h1-4,8H,5-6,12H2,(H,14,15)/t8-/m1/s1. The van der Waals surface area contributed by atoms with Gasteiger partial charge in [0.25, 0.3) is 0 Å². The molecule has 7 heteroatoms. The molecule has 0 aromatic carbocycles. The van der Waals surface area contributed by atoms with E-state index < -0.39 is 12.0 Å². The van der Waals surface area contributed by atoms with Crippen LogP contribution in [0.25, 0.3) is 10.8 Å². The molecule has 2 heterocycles. The molecule has 2 rings (SSSR count). The monoisotopic (exact) mass is 284 g/mol. The Labute approximate surface area is 112 Å². The van der Waals surface area contributed by atoms with Gasteiger partial charge >= 0.3 is 5.97 Å². The second-order valence-corrected chi connectivity index (χ2v) is 5.56. The molecule has 5 nitrogen and oxygen atoms in total. The maximum atomic E-state index is 10.5. The van der Waals surface area contributed by atoms with Crippen molar-refractivity contribution in [3.05, 3.63) is 29.5 Å². The summed E-state index contributed by atoms with van der Waals surface area (Å²) in [5.74, 6) is 0.567. The molecule has 0 aliphatic carbocycles. The summed E-state index contributed by atoms with van der Waals surface area (Å²) in [5.41, 5.74) is 6.19. The number of aromatic nitrogens is 1. The summed E-state index contributed by atoms with van der Waals surface area (Å²) >= 11 is 2.99. The van der Waals surface area contributed by atoms with Crippen molar-refractivity contribution >= 4 is 29.1 Å². The number of carboxylic acid groups (broad SMARTS) is 1. The molecule has 0 aliphatic heterocycles. The molecule has 2 aromatic rings. The Morgan fingerprint density at radius 3 is 3.17 bits per heavy atom. The van der Waals surface area contributed by atoms with Gasteiger partial charge in [0.2, 0.25) is 5.89 Å². The molecule has 96 valence electrons. The molecule has 1 atom stereocenters. The van der Waals surface area contributed by atoms with Crippen LogP contribution in [-0.2, 0) is 10.5 Å². The van der Waals surface area contributed by atoms with E-state index >= 15 is 0 Å². The van der Waals surface area contributed by atoms with Crippen LogP contribution in [0.2, 0.25) is 0 Å². The number of nitrogens with two attached hydrogens (primary N) is 1. The van der Waals surface area contributed by atoms with Gasteiger partial charge in [0.05, 0.1) is 10.6 Å². The molecule has 0 fully saturated rings. The lowest BCUT2D eigenvalue weighted by Gasteiger charge is -2.03. The first kappa shape index (κ1) is 13.1. The number of carboxylic acids is 1. The predicted octanol–water partition coefficient (Wildman–Crippen LogP) is 2.05. The number of thiophene rings is 1. The Morgan fingerprint density at radius 1 is 1.67 bits per heavy atom. The van der Waals surface area contributed by atoms with Gasteiger partial charge in [0, 0.05) is 11.5 Å². The average molecular weight is 284 g/mol. The lowest BCUT2D eigenvalue weighted by Crippen LogP contribution is -2.32. The summed E-state index contributed by atoms with van der Waals surface area (Å²) in [6.07, 6.45) is 1.59. The molecule has 18 heavy (non-hydrogen) atoms. The van der Waals surface area contributed by atoms with Gasteiger partial charge in [0.1, 0.15) is 12.3 Å². The van der Waals surface area contributed by atoms with E-state index in [-0.39, 0.29) is 0 Å². The Hall–Kier alpha value is -1.31. The quantitative estimate of drug-likeness (QED) is 0.844. The molecule has 0 aliphatic rings. The van der Waals surface area contributed by atoms with Crippen LogP contribution in [0.3, 0.4) is 0 Å². The van der Waals surface area contributed by atoms with Crippen LogP contribution in [0.5, 0.6) is 0 Å². The van der Waals surface area contributed by atoms with E-state index in [0.717, 1.165) is 10.6 Å². The third-order valence-electron chi connectivity index (χ3n) is 2.15. The minimum atomic E-state index is -0.984. The van der Waals surface area contributed by atoms with Crippen molar-refractivity contribution in [3.63, 3.8) is 0 Å². The van der Waals surface area contributed by atoms with Gasteiger partial charge in [-0.05, 0) is 11.4 Å². The van der Waals surface area contributed by atoms with Crippen LogP contribution in [-0.4, -0.2) is 27.9 Å². The third kappa shape index (κ3) is 3.34. The van der Waals surface area contributed by atoms with Gasteiger partial charge in [-0.3, -0.25) is 4.79 Å². The molecule has 0 saturated heterocycles. The highest BCUT2D eigenvalue weighted by Gasteiger charge is 2.12. The fourth-order valence-corrected chi connectivity index (χ4v) is 2.76. The SMILES string of the molecule is N[C@H](CSCc1coc(-c2cccs2)n1)C(=O)O. The van der Waals surface area contributed by atoms with Crippen molar-refractivity contribution in [1.82, 2.24) is 4.98 Å². The normalized spacial score (nSPS) is 12.5. The molecular weight excluding hydrogens is 272 g/mol. The molecule has 0 radical (unpaired) electrons. The number of nitrogens with zero attached hydrogens (tertiary/aromatic N) is 1. The summed E-state index contributed by atoms with van der Waals surface area (Å²) in [6.45, 7) is 0. The van der Waals surface area contributed by atoms with Crippen LogP contribution in [0.1, 0.15) is 5.69 Å². The first-order valence-electron chi connectivity index (χ1n) is 5.21. The summed E-state index contributed by atoms with van der Waals surface area (Å²) in [5, 5.41) is 10.6. The molecule has 2 aromatic heterocycles. The van der Waals surface area contributed by atoms with Gasteiger partial charge in [-0.1, -0.05) is 6.07 Å². The summed E-state index contributed by atoms with van der Waals surface area (Å²) in [7, 11) is 0. The number of oxazole rings is 1. The van der Waals surface area contributed by atoms with Gasteiger partial charge in [-0.2, -0.15) is 11.8 Å². The second-order valence-electron chi connectivity index (χ2n) is 3.58. The molecule has 3 N–H and O–H groups in total. The van der Waals surface area contributed by atoms with Crippen molar-refractivity contribution in [2.75, 3.05) is 5.75 Å². The van der Waals surface area contributed by atoms with Crippen LogP contribution >= 0.6 is 23.1 Å². The lowest BCUT2D eigenvalue weighted by molar-refractivity contribution is -0.137. The Balaban J connectivity index is 1.86. The Kier molecular flexibility index (Phi) is 4.40. The maximum Gasteiger partial charge on any atom is 0.321 e. The first-order chi connectivity index (χ1) is 8.66. The van der Waals surface area contributed by atoms with E-state index in [1.54, 1.807) is 17.6 Å². The minimum absolute atomic E-state index is 0.358. The van der Waals surface area contributed by atoms with Crippen molar-refractivity contribution in [3.8, 4) is 10.8 Å². The number of hydrogen-bond acceptors (Lipinski definition) is 6. The number of aliphatic carboxylic acids is 1. The highest BCUT2D eigenvalue weighted by atomic mass is 32.2. The molecule has 0 unspecified atom stereocenters. The second kappa shape index (κ2) is 6.03. The molecule has 0 bridgehead atoms. The number of hydrogen-bond donors (Lipinski definition) is 2. The summed E-state index contributed by atoms with van der Waals surface area (Å²) in [4.78, 5) is 15.8. The zero-order valence-corrected chi connectivity index (χ0v) is 11.0. The fourth-order valence-electron chi connectivity index (χ4n) is 1.25. The number of thioether (sulfide) groups is 1. The van der Waals surface area contributed by atoms with Gasteiger partial charge in [-0.15, -0.1) is 11.3 Å².